The smallest absolute Gasteiger partial charge is 0.151 e. The van der Waals surface area contributed by atoms with Crippen LogP contribution >= 0.6 is 0 Å². The van der Waals surface area contributed by atoms with Crippen molar-refractivity contribution in [1.29, 1.82) is 5.41 Å². The fourth-order valence-electron chi connectivity index (χ4n) is 3.23. The quantitative estimate of drug-likeness (QED) is 0.741. The van der Waals surface area contributed by atoms with E-state index in [-0.39, 0.29) is 5.82 Å². The molecule has 0 spiro atoms. The van der Waals surface area contributed by atoms with E-state index in [9.17, 15) is 4.39 Å². The number of rotatable bonds is 0. The van der Waals surface area contributed by atoms with Gasteiger partial charge in [0.1, 0.15) is 11.3 Å². The lowest BCUT2D eigenvalue weighted by Crippen LogP contribution is -2.35. The second-order valence-electron chi connectivity index (χ2n) is 5.82. The van der Waals surface area contributed by atoms with E-state index < -0.39 is 0 Å². The maximum Gasteiger partial charge on any atom is 0.151 e. The van der Waals surface area contributed by atoms with Crippen molar-refractivity contribution >= 4 is 16.7 Å². The average Bonchev–Trinajstić information content (AvgIpc) is 2.75. The summed E-state index contributed by atoms with van der Waals surface area (Å²) in [5.41, 5.74) is 2.23. The van der Waals surface area contributed by atoms with E-state index >= 15 is 0 Å². The number of aromatic amines is 1. The summed E-state index contributed by atoms with van der Waals surface area (Å²) in [6, 6.07) is 4.87. The van der Waals surface area contributed by atoms with Gasteiger partial charge in [0.05, 0.1) is 5.52 Å². The van der Waals surface area contributed by atoms with Gasteiger partial charge in [0.25, 0.3) is 0 Å². The highest BCUT2D eigenvalue weighted by atomic mass is 19.1. The SMILES string of the molecule is Cc1nc2c(F)cccc2[nH]1.N=C1CCCC2CCC12. The number of halogens is 1. The van der Waals surface area contributed by atoms with Crippen molar-refractivity contribution < 1.29 is 4.39 Å². The predicted molar refractivity (Wildman–Crippen MR) is 78.6 cm³/mol. The fraction of sp³-hybridized carbons (Fsp3) is 0.500. The van der Waals surface area contributed by atoms with E-state index in [1.807, 2.05) is 0 Å². The number of hydrogen-bond donors (Lipinski definition) is 2. The Bertz CT molecular complexity index is 632. The van der Waals surface area contributed by atoms with Gasteiger partial charge < -0.3 is 10.4 Å². The molecule has 0 saturated heterocycles. The molecule has 2 aliphatic carbocycles. The number of imidazole rings is 1. The Labute approximate surface area is 118 Å². The van der Waals surface area contributed by atoms with E-state index in [0.29, 0.717) is 5.52 Å². The third kappa shape index (κ3) is 2.47. The molecule has 1 aromatic carbocycles. The molecule has 3 nitrogen and oxygen atoms in total. The molecule has 0 aliphatic heterocycles. The van der Waals surface area contributed by atoms with Gasteiger partial charge in [-0.25, -0.2) is 9.37 Å². The Kier molecular flexibility index (Phi) is 3.55. The molecule has 4 heteroatoms. The molecule has 2 aliphatic rings. The Balaban J connectivity index is 0.000000123. The molecule has 2 saturated carbocycles. The minimum absolute atomic E-state index is 0.271. The second kappa shape index (κ2) is 5.35. The molecular formula is C16H20FN3. The van der Waals surface area contributed by atoms with Crippen LogP contribution in [-0.2, 0) is 0 Å². The van der Waals surface area contributed by atoms with Crippen molar-refractivity contribution in [2.45, 2.75) is 39.0 Å². The van der Waals surface area contributed by atoms with Crippen molar-refractivity contribution in [2.75, 3.05) is 0 Å². The van der Waals surface area contributed by atoms with Crippen molar-refractivity contribution in [3.8, 4) is 0 Å². The molecule has 4 rings (SSSR count). The summed E-state index contributed by atoms with van der Waals surface area (Å²) in [6.07, 6.45) is 6.53. The summed E-state index contributed by atoms with van der Waals surface area (Å²) in [4.78, 5) is 6.93. The molecule has 1 aromatic heterocycles. The van der Waals surface area contributed by atoms with Gasteiger partial charge in [-0.05, 0) is 63.0 Å². The van der Waals surface area contributed by atoms with Gasteiger partial charge in [-0.15, -0.1) is 0 Å². The lowest BCUT2D eigenvalue weighted by atomic mass is 9.65. The summed E-state index contributed by atoms with van der Waals surface area (Å²) in [7, 11) is 0. The van der Waals surface area contributed by atoms with Gasteiger partial charge in [-0.2, -0.15) is 0 Å². The van der Waals surface area contributed by atoms with Gasteiger partial charge in [0.2, 0.25) is 0 Å². The van der Waals surface area contributed by atoms with E-state index in [4.69, 9.17) is 5.41 Å². The first-order valence-electron chi connectivity index (χ1n) is 7.33. The molecule has 2 unspecified atom stereocenters. The minimum atomic E-state index is -0.271. The molecule has 106 valence electrons. The maximum absolute atomic E-state index is 12.9. The number of H-pyrrole nitrogens is 1. The number of hydrogen-bond acceptors (Lipinski definition) is 2. The van der Waals surface area contributed by atoms with Crippen LogP contribution in [0.15, 0.2) is 18.2 Å². The number of aryl methyl sites for hydroxylation is 1. The number of nitrogens with one attached hydrogen (secondary N) is 2. The monoisotopic (exact) mass is 273 g/mol. The highest BCUT2D eigenvalue weighted by Gasteiger charge is 2.35. The molecule has 0 radical (unpaired) electrons. The Morgan fingerprint density at radius 1 is 1.30 bits per heavy atom. The molecule has 0 amide bonds. The van der Waals surface area contributed by atoms with Gasteiger partial charge in [0, 0.05) is 5.71 Å². The number of nitrogens with zero attached hydrogens (tertiary/aromatic N) is 1. The van der Waals surface area contributed by atoms with Crippen LogP contribution < -0.4 is 0 Å². The normalized spacial score (nSPS) is 24.6. The summed E-state index contributed by atoms with van der Waals surface area (Å²) >= 11 is 0. The summed E-state index contributed by atoms with van der Waals surface area (Å²) in [5, 5.41) is 7.58. The third-order valence-electron chi connectivity index (χ3n) is 4.47. The van der Waals surface area contributed by atoms with Crippen LogP contribution in [0.1, 0.15) is 37.9 Å². The predicted octanol–water partition coefficient (Wildman–Crippen LogP) is 4.23. The Morgan fingerprint density at radius 3 is 2.75 bits per heavy atom. The zero-order chi connectivity index (χ0) is 14.1. The standard InChI is InChI=1S/C8H7FN2.C8H13N/c1-5-10-7-4-2-3-6(9)8(7)11-5;9-8-3-1-2-6-4-5-7(6)8/h2-4H,1H3,(H,10,11);6-7,9H,1-5H2. The highest BCUT2D eigenvalue weighted by Crippen LogP contribution is 2.42. The first-order valence-corrected chi connectivity index (χ1v) is 7.33. The van der Waals surface area contributed by atoms with E-state index in [0.717, 1.165) is 35.3 Å². The van der Waals surface area contributed by atoms with Crippen LogP contribution in [0.2, 0.25) is 0 Å². The zero-order valence-electron chi connectivity index (χ0n) is 11.7. The molecule has 2 fully saturated rings. The van der Waals surface area contributed by atoms with Gasteiger partial charge in [0.15, 0.2) is 5.82 Å². The molecule has 0 bridgehead atoms. The largest absolute Gasteiger partial charge is 0.342 e. The maximum atomic E-state index is 12.9. The van der Waals surface area contributed by atoms with Crippen molar-refractivity contribution in [1.82, 2.24) is 9.97 Å². The molecule has 2 N–H and O–H groups in total. The van der Waals surface area contributed by atoms with Crippen molar-refractivity contribution in [2.24, 2.45) is 11.8 Å². The molecule has 2 aromatic rings. The third-order valence-corrected chi connectivity index (χ3v) is 4.47. The van der Waals surface area contributed by atoms with E-state index in [2.05, 4.69) is 9.97 Å². The van der Waals surface area contributed by atoms with Crippen LogP contribution in [-0.4, -0.2) is 15.7 Å². The van der Waals surface area contributed by atoms with Gasteiger partial charge in [-0.1, -0.05) is 6.07 Å². The molecule has 20 heavy (non-hydrogen) atoms. The van der Waals surface area contributed by atoms with Gasteiger partial charge in [-0.3, -0.25) is 0 Å². The fourth-order valence-corrected chi connectivity index (χ4v) is 3.23. The van der Waals surface area contributed by atoms with Gasteiger partial charge >= 0.3 is 0 Å². The number of fused-ring (bicyclic) bond motifs is 2. The lowest BCUT2D eigenvalue weighted by molar-refractivity contribution is 0.206. The first-order chi connectivity index (χ1) is 9.65. The molecular weight excluding hydrogens is 253 g/mol. The number of benzene rings is 1. The van der Waals surface area contributed by atoms with Crippen LogP contribution in [0.4, 0.5) is 4.39 Å². The molecule has 1 heterocycles. The van der Waals surface area contributed by atoms with E-state index in [1.165, 1.54) is 31.7 Å². The summed E-state index contributed by atoms with van der Waals surface area (Å²) < 4.78 is 12.9. The van der Waals surface area contributed by atoms with Crippen LogP contribution in [0.25, 0.3) is 11.0 Å². The Morgan fingerprint density at radius 2 is 2.15 bits per heavy atom. The Hall–Kier alpha value is -1.71. The first kappa shape index (κ1) is 13.3. The topological polar surface area (TPSA) is 52.5 Å². The number of para-hydroxylation sites is 1. The van der Waals surface area contributed by atoms with Crippen LogP contribution in [0, 0.1) is 30.0 Å². The van der Waals surface area contributed by atoms with Crippen LogP contribution in [0.3, 0.4) is 0 Å². The highest BCUT2D eigenvalue weighted by molar-refractivity contribution is 5.85. The average molecular weight is 273 g/mol. The molecule has 2 atom stereocenters. The van der Waals surface area contributed by atoms with E-state index in [1.54, 1.807) is 19.1 Å². The second-order valence-corrected chi connectivity index (χ2v) is 5.82. The number of aromatic nitrogens is 2. The van der Waals surface area contributed by atoms with Crippen molar-refractivity contribution in [3.63, 3.8) is 0 Å². The van der Waals surface area contributed by atoms with Crippen LogP contribution in [0.5, 0.6) is 0 Å². The zero-order valence-corrected chi connectivity index (χ0v) is 11.7. The summed E-state index contributed by atoms with van der Waals surface area (Å²) in [5.74, 6) is 2.14. The minimum Gasteiger partial charge on any atom is -0.342 e. The lowest BCUT2D eigenvalue weighted by Gasteiger charge is -2.40. The summed E-state index contributed by atoms with van der Waals surface area (Å²) in [6.45, 7) is 1.80. The van der Waals surface area contributed by atoms with Crippen molar-refractivity contribution in [3.05, 3.63) is 29.8 Å².